The number of nitrogens with zero attached hydrogens (tertiary/aromatic N) is 3. The van der Waals surface area contributed by atoms with Gasteiger partial charge in [0.05, 0.1) is 22.6 Å². The van der Waals surface area contributed by atoms with Crippen LogP contribution in [0.25, 0.3) is 11.3 Å². The van der Waals surface area contributed by atoms with E-state index in [1.165, 1.54) is 55.6 Å². The summed E-state index contributed by atoms with van der Waals surface area (Å²) in [4.78, 5) is 40.6. The Bertz CT molecular complexity index is 1820. The van der Waals surface area contributed by atoms with Crippen molar-refractivity contribution in [2.75, 3.05) is 32.1 Å². The second kappa shape index (κ2) is 17.5. The maximum absolute atomic E-state index is 13.9. The zero-order chi connectivity index (χ0) is 36.4. The largest absolute Gasteiger partial charge is 0.447 e. The maximum Gasteiger partial charge on any atom is 0.412 e. The van der Waals surface area contributed by atoms with E-state index in [9.17, 15) is 36.3 Å². The minimum absolute atomic E-state index is 0.112. The third-order valence-electron chi connectivity index (χ3n) is 7.12. The van der Waals surface area contributed by atoms with Crippen LogP contribution in [0.1, 0.15) is 11.1 Å². The minimum Gasteiger partial charge on any atom is -0.447 e. The van der Waals surface area contributed by atoms with E-state index in [-0.39, 0.29) is 45.8 Å². The Hall–Kier alpha value is -5.09. The third-order valence-corrected chi connectivity index (χ3v) is 7.97. The summed E-state index contributed by atoms with van der Waals surface area (Å²) in [5.74, 6) is -1.98. The second-order valence-corrected chi connectivity index (χ2v) is 11.4. The number of aromatic nitrogens is 1. The average Bonchev–Trinajstić information content (AvgIpc) is 3.55. The number of alkyl halides is 2. The molecule has 0 unspecified atom stereocenters. The molecule has 3 N–H and O–H groups in total. The van der Waals surface area contributed by atoms with Gasteiger partial charge in [0.25, 0.3) is 6.43 Å². The quantitative estimate of drug-likeness (QED) is 0.123. The molecule has 1 heterocycles. The van der Waals surface area contributed by atoms with Crippen LogP contribution >= 0.6 is 23.2 Å². The summed E-state index contributed by atoms with van der Waals surface area (Å²) in [6.07, 6.45) is -4.11. The number of amides is 5. The number of hydrogen-bond acceptors (Lipinski definition) is 6. The van der Waals surface area contributed by atoms with Crippen molar-refractivity contribution >= 4 is 47.2 Å². The number of anilines is 1. The number of likely N-dealkylation sites (N-methyl/N-ethyl adjacent to an activating group) is 1. The highest BCUT2D eigenvalue weighted by molar-refractivity contribution is 6.31. The van der Waals surface area contributed by atoms with Gasteiger partial charge in [0.2, 0.25) is 0 Å². The molecule has 3 aromatic carbocycles. The number of nitrogens with one attached hydrogen (secondary N) is 3. The molecule has 1 aromatic heterocycles. The molecule has 0 fully saturated rings. The molecule has 0 aliphatic carbocycles. The van der Waals surface area contributed by atoms with E-state index in [0.29, 0.717) is 10.5 Å². The lowest BCUT2D eigenvalue weighted by molar-refractivity contribution is 0.0704. The Morgan fingerprint density at radius 2 is 1.46 bits per heavy atom. The van der Waals surface area contributed by atoms with Crippen molar-refractivity contribution in [3.63, 3.8) is 0 Å². The Morgan fingerprint density at radius 3 is 2.06 bits per heavy atom. The first-order chi connectivity index (χ1) is 23.8. The van der Waals surface area contributed by atoms with Gasteiger partial charge in [0.1, 0.15) is 24.1 Å². The first-order valence-electron chi connectivity index (χ1n) is 14.7. The zero-order valence-electron chi connectivity index (χ0n) is 26.1. The summed E-state index contributed by atoms with van der Waals surface area (Å²) in [6, 6.07) is 11.5. The first kappa shape index (κ1) is 37.7. The summed E-state index contributed by atoms with van der Waals surface area (Å²) in [7, 11) is 1.25. The SMILES string of the molecule is CN(C(=O)NCc1cccc(F)c1Cl)[C@H](COC(=O)Nc1cc(-c2cccc(F)c2)on1)CN(CC(F)F)C(=O)NCc1cccc(F)c1Cl. The summed E-state index contributed by atoms with van der Waals surface area (Å²) >= 11 is 11.9. The van der Waals surface area contributed by atoms with Crippen molar-refractivity contribution in [3.8, 4) is 11.3 Å². The van der Waals surface area contributed by atoms with Crippen LogP contribution in [0.2, 0.25) is 10.0 Å². The van der Waals surface area contributed by atoms with Crippen LogP contribution in [0.3, 0.4) is 0 Å². The second-order valence-electron chi connectivity index (χ2n) is 10.6. The van der Waals surface area contributed by atoms with E-state index in [1.807, 2.05) is 0 Å². The number of urea groups is 2. The number of hydrogen-bond donors (Lipinski definition) is 3. The topological polar surface area (TPSA) is 129 Å². The number of benzene rings is 3. The highest BCUT2D eigenvalue weighted by atomic mass is 35.5. The summed E-state index contributed by atoms with van der Waals surface area (Å²) in [5, 5.41) is 10.4. The van der Waals surface area contributed by atoms with Crippen molar-refractivity contribution in [3.05, 3.63) is 105 Å². The van der Waals surface area contributed by atoms with Crippen molar-refractivity contribution in [1.82, 2.24) is 25.6 Å². The average molecular weight is 744 g/mol. The van der Waals surface area contributed by atoms with Gasteiger partial charge in [0.15, 0.2) is 11.6 Å². The molecular formula is C32H29Cl2F5N6O5. The molecule has 4 rings (SSSR count). The van der Waals surface area contributed by atoms with Crippen LogP contribution in [-0.2, 0) is 17.8 Å². The molecule has 4 aromatic rings. The standard InChI is InChI=1S/C32H29Cl2F5N6O5/c1-44(30(46)40-13-19-6-3-9-23(36)28(19)33)22(15-45(16-26(38)39)31(47)41-14-20-7-4-10-24(37)29(20)34)17-49-32(48)42-27-12-25(50-43-27)18-5-2-8-21(35)11-18/h2-12,22,26H,13-17H2,1H3,(H,40,46)(H,41,47)(H,42,43,48)/t22-/m0/s1. The number of rotatable bonds is 13. The van der Waals surface area contributed by atoms with E-state index >= 15 is 0 Å². The first-order valence-corrected chi connectivity index (χ1v) is 15.4. The van der Waals surface area contributed by atoms with E-state index in [0.717, 1.165) is 17.0 Å². The van der Waals surface area contributed by atoms with E-state index in [1.54, 1.807) is 6.07 Å². The predicted molar refractivity (Wildman–Crippen MR) is 173 cm³/mol. The lowest BCUT2D eigenvalue weighted by atomic mass is 10.2. The molecule has 0 bridgehead atoms. The van der Waals surface area contributed by atoms with Crippen LogP contribution in [0, 0.1) is 17.5 Å². The molecular weight excluding hydrogens is 714 g/mol. The molecule has 0 saturated heterocycles. The Morgan fingerprint density at radius 1 is 0.860 bits per heavy atom. The lowest BCUT2D eigenvalue weighted by Gasteiger charge is -2.33. The van der Waals surface area contributed by atoms with Crippen molar-refractivity contribution in [2.24, 2.45) is 0 Å². The molecule has 266 valence electrons. The Labute approximate surface area is 292 Å². The molecule has 18 heteroatoms. The summed E-state index contributed by atoms with van der Waals surface area (Å²) < 4.78 is 79.1. The third kappa shape index (κ3) is 10.5. The Balaban J connectivity index is 1.48. The van der Waals surface area contributed by atoms with Crippen LogP contribution < -0.4 is 16.0 Å². The minimum atomic E-state index is -3.02. The van der Waals surface area contributed by atoms with E-state index in [4.69, 9.17) is 32.5 Å². The van der Waals surface area contributed by atoms with Crippen LogP contribution in [0.15, 0.2) is 71.3 Å². The fraction of sp³-hybridized carbons (Fsp3) is 0.250. The summed E-state index contributed by atoms with van der Waals surface area (Å²) in [5.41, 5.74) is 0.748. The van der Waals surface area contributed by atoms with Crippen molar-refractivity contribution in [1.29, 1.82) is 0 Å². The van der Waals surface area contributed by atoms with E-state index < -0.39 is 67.8 Å². The van der Waals surface area contributed by atoms with Crippen molar-refractivity contribution < 1.29 is 45.6 Å². The number of halogens is 7. The normalized spacial score (nSPS) is 11.5. The molecule has 5 amide bonds. The molecule has 11 nitrogen and oxygen atoms in total. The number of carbonyl (C=O) groups is 3. The van der Waals surface area contributed by atoms with Gasteiger partial charge in [-0.3, -0.25) is 5.32 Å². The van der Waals surface area contributed by atoms with Gasteiger partial charge in [-0.25, -0.2) is 36.3 Å². The fourth-order valence-corrected chi connectivity index (χ4v) is 4.87. The lowest BCUT2D eigenvalue weighted by Crippen LogP contribution is -2.54. The highest BCUT2D eigenvalue weighted by Gasteiger charge is 2.29. The zero-order valence-corrected chi connectivity index (χ0v) is 27.6. The molecule has 0 aliphatic heterocycles. The molecule has 0 aliphatic rings. The summed E-state index contributed by atoms with van der Waals surface area (Å²) in [6.45, 7) is -2.86. The van der Waals surface area contributed by atoms with Gasteiger partial charge < -0.3 is 29.7 Å². The number of ether oxygens (including phenoxy) is 1. The van der Waals surface area contributed by atoms with Gasteiger partial charge in [-0.1, -0.05) is 64.8 Å². The Kier molecular flexibility index (Phi) is 13.2. The molecule has 0 saturated carbocycles. The van der Waals surface area contributed by atoms with Crippen LogP contribution in [0.5, 0.6) is 0 Å². The fourth-order valence-electron chi connectivity index (χ4n) is 4.49. The van der Waals surface area contributed by atoms with Gasteiger partial charge in [0, 0.05) is 38.3 Å². The smallest absolute Gasteiger partial charge is 0.412 e. The molecule has 1 atom stereocenters. The van der Waals surface area contributed by atoms with Crippen LogP contribution in [0.4, 0.5) is 42.2 Å². The monoisotopic (exact) mass is 742 g/mol. The van der Waals surface area contributed by atoms with Gasteiger partial charge in [-0.15, -0.1) is 0 Å². The van der Waals surface area contributed by atoms with Gasteiger partial charge in [-0.05, 0) is 35.4 Å². The highest BCUT2D eigenvalue weighted by Crippen LogP contribution is 2.24. The van der Waals surface area contributed by atoms with E-state index in [2.05, 4.69) is 21.1 Å². The molecule has 50 heavy (non-hydrogen) atoms. The van der Waals surface area contributed by atoms with Gasteiger partial charge in [-0.2, -0.15) is 0 Å². The predicted octanol–water partition coefficient (Wildman–Crippen LogP) is 7.30. The maximum atomic E-state index is 13.9. The molecule has 0 spiro atoms. The number of carbonyl (C=O) groups excluding carboxylic acids is 3. The van der Waals surface area contributed by atoms with Crippen molar-refractivity contribution in [2.45, 2.75) is 25.6 Å². The molecule has 0 radical (unpaired) electrons. The van der Waals surface area contributed by atoms with Crippen LogP contribution in [-0.4, -0.2) is 72.3 Å². The van der Waals surface area contributed by atoms with Gasteiger partial charge >= 0.3 is 18.2 Å².